The summed E-state index contributed by atoms with van der Waals surface area (Å²) in [6.45, 7) is 0. The zero-order valence-electron chi connectivity index (χ0n) is 11.2. The predicted molar refractivity (Wildman–Crippen MR) is 77.8 cm³/mol. The van der Waals surface area contributed by atoms with Crippen LogP contribution in [-0.4, -0.2) is 48.0 Å². The van der Waals surface area contributed by atoms with Crippen molar-refractivity contribution in [2.45, 2.75) is 6.10 Å². The Balaban J connectivity index is 2.06. The fraction of sp³-hybridized carbons (Fsp3) is 0.250. The average Bonchev–Trinajstić information content (AvgIpc) is 2.38. The molecule has 1 aliphatic rings. The minimum atomic E-state index is -3.07. The second-order valence-corrected chi connectivity index (χ2v) is 7.16. The van der Waals surface area contributed by atoms with Crippen LogP contribution in [0.1, 0.15) is 0 Å². The Kier molecular flexibility index (Phi) is 4.79. The number of nitrogens with one attached hydrogen (secondary N) is 1. The van der Waals surface area contributed by atoms with Gasteiger partial charge in [-0.3, -0.25) is 10.7 Å². The van der Waals surface area contributed by atoms with E-state index in [2.05, 4.69) is 4.98 Å². The molecule has 0 bridgehead atoms. The highest BCUT2D eigenvalue weighted by atomic mass is 35.5. The van der Waals surface area contributed by atoms with E-state index in [1.165, 1.54) is 11.5 Å². The number of sulfone groups is 1. The van der Waals surface area contributed by atoms with Crippen LogP contribution in [0.25, 0.3) is 0 Å². The lowest BCUT2D eigenvalue weighted by molar-refractivity contribution is -0.516. The fourth-order valence-corrected chi connectivity index (χ4v) is 3.10. The number of ether oxygens (including phenoxy) is 1. The number of nitrogens with two attached hydrogens (primary N) is 1. The van der Waals surface area contributed by atoms with Crippen molar-refractivity contribution in [3.05, 3.63) is 35.1 Å². The summed E-state index contributed by atoms with van der Waals surface area (Å²) in [5.74, 6) is -1.79. The summed E-state index contributed by atoms with van der Waals surface area (Å²) in [7, 11) is -3.07. The van der Waals surface area contributed by atoms with Crippen molar-refractivity contribution in [1.82, 2.24) is 4.98 Å². The van der Waals surface area contributed by atoms with E-state index in [9.17, 15) is 13.2 Å². The number of quaternary nitrogens is 1. The molecule has 0 saturated carbocycles. The Labute approximate surface area is 131 Å². The van der Waals surface area contributed by atoms with E-state index >= 15 is 0 Å². The van der Waals surface area contributed by atoms with Crippen LogP contribution in [0.5, 0.6) is 0 Å². The van der Waals surface area contributed by atoms with E-state index in [1.807, 2.05) is 0 Å². The molecule has 2 rings (SSSR count). The van der Waals surface area contributed by atoms with Gasteiger partial charge in [-0.2, -0.15) is 0 Å². The van der Waals surface area contributed by atoms with E-state index in [0.29, 0.717) is 0 Å². The molecule has 1 saturated heterocycles. The molecule has 8 nitrogen and oxygen atoms in total. The minimum Gasteiger partial charge on any atom is -0.474 e. The number of carboxylic acid groups (broad SMARTS) is 1. The van der Waals surface area contributed by atoms with Crippen LogP contribution in [0.4, 0.5) is 5.82 Å². The van der Waals surface area contributed by atoms with Crippen LogP contribution in [0.3, 0.4) is 0 Å². The molecule has 1 fully saturated rings. The van der Waals surface area contributed by atoms with Gasteiger partial charge in [0.05, 0.1) is 17.6 Å². The lowest BCUT2D eigenvalue weighted by atomic mass is 10.3. The predicted octanol–water partition coefficient (Wildman–Crippen LogP) is -0.311. The molecule has 0 spiro atoms. The Hall–Kier alpha value is -1.97. The van der Waals surface area contributed by atoms with Gasteiger partial charge < -0.3 is 9.84 Å². The maximum absolute atomic E-state index is 11.2. The molecule has 2 heterocycles. The van der Waals surface area contributed by atoms with Crippen LogP contribution in [-0.2, 0) is 19.4 Å². The van der Waals surface area contributed by atoms with Crippen molar-refractivity contribution < 1.29 is 28.4 Å². The second-order valence-electron chi connectivity index (χ2n) is 4.60. The molecule has 118 valence electrons. The summed E-state index contributed by atoms with van der Waals surface area (Å²) in [6.07, 6.45) is 1.83. The number of halogens is 1. The van der Waals surface area contributed by atoms with Gasteiger partial charge in [0.15, 0.2) is 9.84 Å². The van der Waals surface area contributed by atoms with Gasteiger partial charge in [-0.25, -0.2) is 18.2 Å². The third-order valence-corrected chi connectivity index (χ3v) is 4.86. The third-order valence-electron chi connectivity index (χ3n) is 2.79. The van der Waals surface area contributed by atoms with Crippen LogP contribution in [0.2, 0.25) is 5.02 Å². The first kappa shape index (κ1) is 16.4. The van der Waals surface area contributed by atoms with Gasteiger partial charge in [0.25, 0.3) is 0 Å². The van der Waals surface area contributed by atoms with E-state index in [4.69, 9.17) is 26.9 Å². The quantitative estimate of drug-likeness (QED) is 0.380. The smallest absolute Gasteiger partial charge is 0.390 e. The Morgan fingerprint density at radius 3 is 2.77 bits per heavy atom. The van der Waals surface area contributed by atoms with Crippen LogP contribution in [0.15, 0.2) is 30.1 Å². The van der Waals surface area contributed by atoms with Crippen molar-refractivity contribution in [3.8, 4) is 0 Å². The first-order valence-electron chi connectivity index (χ1n) is 6.13. The molecule has 0 radical (unpaired) electrons. The largest absolute Gasteiger partial charge is 0.474 e. The van der Waals surface area contributed by atoms with Gasteiger partial charge in [-0.1, -0.05) is 11.6 Å². The number of aliphatic carboxylic acids is 1. The summed E-state index contributed by atoms with van der Waals surface area (Å²) in [4.78, 5) is 15.1. The molecule has 4 N–H and O–H groups in total. The number of carbonyl (C=O) groups is 1. The van der Waals surface area contributed by atoms with Crippen molar-refractivity contribution in [3.63, 3.8) is 0 Å². The number of nitrogens with zero attached hydrogens (tertiary/aromatic N) is 1. The highest BCUT2D eigenvalue weighted by Gasteiger charge is 2.35. The number of hydrogen-bond donors (Lipinski definition) is 3. The molecule has 0 amide bonds. The highest BCUT2D eigenvalue weighted by molar-refractivity contribution is 7.92. The van der Waals surface area contributed by atoms with E-state index in [1.54, 1.807) is 12.1 Å². The molecular formula is C12H13ClN3O5S+. The van der Waals surface area contributed by atoms with E-state index in [-0.39, 0.29) is 28.0 Å². The van der Waals surface area contributed by atoms with Gasteiger partial charge in [0.2, 0.25) is 17.4 Å². The van der Waals surface area contributed by atoms with Gasteiger partial charge in [-0.05, 0) is 12.1 Å². The summed E-state index contributed by atoms with van der Waals surface area (Å²) in [5.41, 5.74) is -0.243. The Morgan fingerprint density at radius 2 is 2.23 bits per heavy atom. The molecule has 0 unspecified atom stereocenters. The van der Waals surface area contributed by atoms with Crippen molar-refractivity contribution >= 4 is 39.1 Å². The molecule has 22 heavy (non-hydrogen) atoms. The van der Waals surface area contributed by atoms with Crippen molar-refractivity contribution in [2.24, 2.45) is 0 Å². The van der Waals surface area contributed by atoms with Crippen LogP contribution >= 0.6 is 11.6 Å². The van der Waals surface area contributed by atoms with Crippen LogP contribution in [0, 0.1) is 5.41 Å². The number of pyridine rings is 1. The number of carboxylic acids is 1. The zero-order valence-corrected chi connectivity index (χ0v) is 12.8. The summed E-state index contributed by atoms with van der Waals surface area (Å²) in [5, 5.41) is 18.2. The van der Waals surface area contributed by atoms with E-state index in [0.717, 1.165) is 6.08 Å². The normalized spacial score (nSPS) is 17.6. The molecule has 0 atom stereocenters. The lowest BCUT2D eigenvalue weighted by Gasteiger charge is -2.25. The third kappa shape index (κ3) is 4.26. The molecular weight excluding hydrogens is 334 g/mol. The van der Waals surface area contributed by atoms with Gasteiger partial charge in [-0.15, -0.1) is 0 Å². The minimum absolute atomic E-state index is 0.165. The molecule has 1 aromatic heterocycles. The standard InChI is InChI=1S/C12H12ClN3O5S/c13-8-2-1-3-15-11(8)16-9(12(17)18)4-10(14)21-7-5-22(19,20)6-7/h1-4,7,14H,5-6H2,(H,15,16)(H,17,18)/p+1/b9-4-,14-10?. The van der Waals surface area contributed by atoms with E-state index < -0.39 is 27.8 Å². The summed E-state index contributed by atoms with van der Waals surface area (Å²) in [6, 6.07) is 3.16. The Morgan fingerprint density at radius 1 is 1.55 bits per heavy atom. The topological polar surface area (TPSA) is 134 Å². The first-order valence-corrected chi connectivity index (χ1v) is 8.32. The summed E-state index contributed by atoms with van der Waals surface area (Å²) < 4.78 is 27.1. The monoisotopic (exact) mass is 346 g/mol. The molecule has 1 aliphatic heterocycles. The van der Waals surface area contributed by atoms with Crippen molar-refractivity contribution in [2.75, 3.05) is 11.5 Å². The lowest BCUT2D eigenvalue weighted by Crippen LogP contribution is -2.78. The number of aromatic nitrogens is 1. The Bertz CT molecular complexity index is 735. The molecule has 10 heteroatoms. The van der Waals surface area contributed by atoms with Crippen molar-refractivity contribution in [1.29, 1.82) is 5.41 Å². The summed E-state index contributed by atoms with van der Waals surface area (Å²) >= 11 is 5.89. The molecule has 0 aliphatic carbocycles. The highest BCUT2D eigenvalue weighted by Crippen LogP contribution is 2.15. The van der Waals surface area contributed by atoms with Gasteiger partial charge in [0, 0.05) is 6.20 Å². The molecule has 1 aromatic rings. The number of rotatable bonds is 5. The zero-order chi connectivity index (χ0) is 16.3. The SMILES string of the molecule is N=C(/C=C(\[NH2+]c1ncccc1Cl)C(=O)O)OC1CS(=O)(=O)C1. The average molecular weight is 347 g/mol. The van der Waals surface area contributed by atoms with Gasteiger partial charge >= 0.3 is 5.97 Å². The first-order chi connectivity index (χ1) is 10.3. The maximum atomic E-state index is 11.2. The van der Waals surface area contributed by atoms with Gasteiger partial charge in [0.1, 0.15) is 11.1 Å². The van der Waals surface area contributed by atoms with Crippen LogP contribution < -0.4 is 5.32 Å². The second kappa shape index (κ2) is 6.42. The molecule has 0 aromatic carbocycles. The fourth-order valence-electron chi connectivity index (χ4n) is 1.76. The maximum Gasteiger partial charge on any atom is 0.390 e. The number of hydrogen-bond acceptors (Lipinski definition) is 6.